The molecule has 96 valence electrons. The SMILES string of the molecule is CC(C)NCc1ncn(Cc2ccc(Br)cc2)n1. The van der Waals surface area contributed by atoms with Crippen molar-refractivity contribution in [1.82, 2.24) is 20.1 Å². The van der Waals surface area contributed by atoms with Gasteiger partial charge in [0.2, 0.25) is 0 Å². The Morgan fingerprint density at radius 2 is 2.00 bits per heavy atom. The summed E-state index contributed by atoms with van der Waals surface area (Å²) in [6.45, 7) is 5.69. The third-order valence-electron chi connectivity index (χ3n) is 2.51. The van der Waals surface area contributed by atoms with Gasteiger partial charge in [-0.25, -0.2) is 9.67 Å². The fraction of sp³-hybridized carbons (Fsp3) is 0.385. The maximum absolute atomic E-state index is 4.43. The van der Waals surface area contributed by atoms with Crippen LogP contribution in [0.2, 0.25) is 0 Å². The number of nitrogens with one attached hydrogen (secondary N) is 1. The highest BCUT2D eigenvalue weighted by Crippen LogP contribution is 2.11. The fourth-order valence-corrected chi connectivity index (χ4v) is 1.83. The normalized spacial score (nSPS) is 11.1. The van der Waals surface area contributed by atoms with Crippen LogP contribution < -0.4 is 5.32 Å². The first-order chi connectivity index (χ1) is 8.63. The molecule has 0 saturated carbocycles. The zero-order valence-corrected chi connectivity index (χ0v) is 12.2. The van der Waals surface area contributed by atoms with Crippen LogP contribution >= 0.6 is 15.9 Å². The molecule has 18 heavy (non-hydrogen) atoms. The molecule has 0 fully saturated rings. The summed E-state index contributed by atoms with van der Waals surface area (Å²) in [6.07, 6.45) is 1.78. The number of aromatic nitrogens is 3. The number of hydrogen-bond donors (Lipinski definition) is 1. The first-order valence-corrected chi connectivity index (χ1v) is 6.79. The molecule has 0 aliphatic rings. The van der Waals surface area contributed by atoms with Crippen LogP contribution in [0.15, 0.2) is 35.1 Å². The Kier molecular flexibility index (Phi) is 4.49. The molecule has 1 aromatic carbocycles. The molecule has 0 aliphatic carbocycles. The molecule has 5 heteroatoms. The number of nitrogens with zero attached hydrogens (tertiary/aromatic N) is 3. The van der Waals surface area contributed by atoms with E-state index in [-0.39, 0.29) is 0 Å². The van der Waals surface area contributed by atoms with Gasteiger partial charge in [0.1, 0.15) is 6.33 Å². The molecule has 1 aromatic heterocycles. The lowest BCUT2D eigenvalue weighted by Crippen LogP contribution is -2.22. The molecular formula is C13H17BrN4. The molecule has 0 atom stereocenters. The zero-order valence-electron chi connectivity index (χ0n) is 10.6. The van der Waals surface area contributed by atoms with Gasteiger partial charge in [-0.3, -0.25) is 0 Å². The Balaban J connectivity index is 1.95. The van der Waals surface area contributed by atoms with Crippen molar-refractivity contribution < 1.29 is 0 Å². The zero-order chi connectivity index (χ0) is 13.0. The van der Waals surface area contributed by atoms with E-state index >= 15 is 0 Å². The third kappa shape index (κ3) is 3.92. The molecule has 0 unspecified atom stereocenters. The smallest absolute Gasteiger partial charge is 0.164 e. The van der Waals surface area contributed by atoms with E-state index in [0.29, 0.717) is 12.6 Å². The summed E-state index contributed by atoms with van der Waals surface area (Å²) in [5.41, 5.74) is 1.21. The molecule has 1 N–H and O–H groups in total. The Morgan fingerprint density at radius 1 is 1.28 bits per heavy atom. The van der Waals surface area contributed by atoms with Gasteiger partial charge < -0.3 is 5.32 Å². The predicted molar refractivity (Wildman–Crippen MR) is 75.2 cm³/mol. The van der Waals surface area contributed by atoms with E-state index in [1.807, 2.05) is 16.8 Å². The van der Waals surface area contributed by atoms with E-state index in [2.05, 4.69) is 57.3 Å². The second-order valence-electron chi connectivity index (χ2n) is 4.52. The van der Waals surface area contributed by atoms with Gasteiger partial charge in [-0.15, -0.1) is 0 Å². The summed E-state index contributed by atoms with van der Waals surface area (Å²) in [7, 11) is 0. The topological polar surface area (TPSA) is 42.7 Å². The van der Waals surface area contributed by atoms with Crippen molar-refractivity contribution in [2.75, 3.05) is 0 Å². The summed E-state index contributed by atoms with van der Waals surface area (Å²) < 4.78 is 2.95. The fourth-order valence-electron chi connectivity index (χ4n) is 1.56. The molecule has 0 bridgehead atoms. The minimum absolute atomic E-state index is 0.448. The van der Waals surface area contributed by atoms with Crippen molar-refractivity contribution in [2.24, 2.45) is 0 Å². The van der Waals surface area contributed by atoms with Crippen LogP contribution in [0.4, 0.5) is 0 Å². The highest BCUT2D eigenvalue weighted by Gasteiger charge is 2.02. The Bertz CT molecular complexity index is 490. The first kappa shape index (κ1) is 13.2. The van der Waals surface area contributed by atoms with E-state index in [9.17, 15) is 0 Å². The van der Waals surface area contributed by atoms with Crippen LogP contribution in [0.5, 0.6) is 0 Å². The standard InChI is InChI=1S/C13H17BrN4/c1-10(2)15-7-13-16-9-18(17-13)8-11-3-5-12(14)6-4-11/h3-6,9-10,15H,7-8H2,1-2H3. The summed E-state index contributed by atoms with van der Waals surface area (Å²) in [5, 5.41) is 7.73. The lowest BCUT2D eigenvalue weighted by Gasteiger charge is -2.04. The van der Waals surface area contributed by atoms with Crippen molar-refractivity contribution in [3.63, 3.8) is 0 Å². The van der Waals surface area contributed by atoms with Crippen molar-refractivity contribution in [3.05, 3.63) is 46.5 Å². The monoisotopic (exact) mass is 308 g/mol. The lowest BCUT2D eigenvalue weighted by atomic mass is 10.2. The second kappa shape index (κ2) is 6.11. The second-order valence-corrected chi connectivity index (χ2v) is 5.44. The molecular weight excluding hydrogens is 292 g/mol. The Labute approximate surface area is 116 Å². The average molecular weight is 309 g/mol. The molecule has 0 radical (unpaired) electrons. The van der Waals surface area contributed by atoms with E-state index in [0.717, 1.165) is 16.8 Å². The third-order valence-corrected chi connectivity index (χ3v) is 3.04. The Morgan fingerprint density at radius 3 is 2.67 bits per heavy atom. The summed E-state index contributed by atoms with van der Waals surface area (Å²) in [6, 6.07) is 8.68. The summed E-state index contributed by atoms with van der Waals surface area (Å²) in [4.78, 5) is 4.28. The van der Waals surface area contributed by atoms with Crippen LogP contribution in [-0.4, -0.2) is 20.8 Å². The van der Waals surface area contributed by atoms with Crippen LogP contribution in [0.25, 0.3) is 0 Å². The van der Waals surface area contributed by atoms with Gasteiger partial charge in [0.15, 0.2) is 5.82 Å². The van der Waals surface area contributed by atoms with E-state index in [4.69, 9.17) is 0 Å². The molecule has 2 rings (SSSR count). The molecule has 2 aromatic rings. The van der Waals surface area contributed by atoms with Gasteiger partial charge in [-0.05, 0) is 17.7 Å². The minimum atomic E-state index is 0.448. The quantitative estimate of drug-likeness (QED) is 0.923. The van der Waals surface area contributed by atoms with Crippen LogP contribution in [-0.2, 0) is 13.1 Å². The molecule has 0 aliphatic heterocycles. The highest BCUT2D eigenvalue weighted by atomic mass is 79.9. The largest absolute Gasteiger partial charge is 0.308 e. The van der Waals surface area contributed by atoms with Gasteiger partial charge >= 0.3 is 0 Å². The van der Waals surface area contributed by atoms with Crippen LogP contribution in [0, 0.1) is 0 Å². The summed E-state index contributed by atoms with van der Waals surface area (Å²) >= 11 is 3.43. The van der Waals surface area contributed by atoms with Crippen LogP contribution in [0.3, 0.4) is 0 Å². The van der Waals surface area contributed by atoms with Gasteiger partial charge in [0.05, 0.1) is 13.1 Å². The maximum Gasteiger partial charge on any atom is 0.164 e. The first-order valence-electron chi connectivity index (χ1n) is 5.99. The number of hydrogen-bond acceptors (Lipinski definition) is 3. The van der Waals surface area contributed by atoms with Gasteiger partial charge in [0, 0.05) is 10.5 Å². The Hall–Kier alpha value is -1.20. The molecule has 4 nitrogen and oxygen atoms in total. The van der Waals surface area contributed by atoms with Gasteiger partial charge in [0.25, 0.3) is 0 Å². The van der Waals surface area contributed by atoms with Crippen molar-refractivity contribution in [2.45, 2.75) is 33.0 Å². The van der Waals surface area contributed by atoms with Crippen molar-refractivity contribution in [3.8, 4) is 0 Å². The molecule has 1 heterocycles. The van der Waals surface area contributed by atoms with Crippen molar-refractivity contribution >= 4 is 15.9 Å². The predicted octanol–water partition coefficient (Wildman–Crippen LogP) is 2.59. The number of benzene rings is 1. The molecule has 0 amide bonds. The number of rotatable bonds is 5. The highest BCUT2D eigenvalue weighted by molar-refractivity contribution is 9.10. The maximum atomic E-state index is 4.43. The van der Waals surface area contributed by atoms with Gasteiger partial charge in [-0.1, -0.05) is 41.9 Å². The van der Waals surface area contributed by atoms with Crippen molar-refractivity contribution in [1.29, 1.82) is 0 Å². The van der Waals surface area contributed by atoms with E-state index in [1.165, 1.54) is 5.56 Å². The van der Waals surface area contributed by atoms with Crippen LogP contribution in [0.1, 0.15) is 25.2 Å². The molecule has 0 saturated heterocycles. The lowest BCUT2D eigenvalue weighted by molar-refractivity contribution is 0.565. The minimum Gasteiger partial charge on any atom is -0.308 e. The number of halogens is 1. The van der Waals surface area contributed by atoms with E-state index in [1.54, 1.807) is 6.33 Å². The van der Waals surface area contributed by atoms with Gasteiger partial charge in [-0.2, -0.15) is 5.10 Å². The van der Waals surface area contributed by atoms with E-state index < -0.39 is 0 Å². The average Bonchev–Trinajstić information content (AvgIpc) is 2.77. The molecule has 0 spiro atoms. The summed E-state index contributed by atoms with van der Waals surface area (Å²) in [5.74, 6) is 0.834.